The number of aryl methyl sites for hydroxylation is 1. The van der Waals surface area contributed by atoms with Crippen molar-refractivity contribution in [3.05, 3.63) is 163 Å². The normalized spacial score (nSPS) is 11.3. The largest absolute Gasteiger partial charge is 0.416 e. The van der Waals surface area contributed by atoms with Gasteiger partial charge in [0.25, 0.3) is 0 Å². The van der Waals surface area contributed by atoms with Crippen molar-refractivity contribution in [2.45, 2.75) is 13.1 Å². The van der Waals surface area contributed by atoms with E-state index in [4.69, 9.17) is 0 Å². The van der Waals surface area contributed by atoms with Gasteiger partial charge in [0.05, 0.1) is 5.56 Å². The fourth-order valence-corrected chi connectivity index (χ4v) is 5.29. The minimum atomic E-state index is -4.38. The molecule has 0 N–H and O–H groups in total. The molecule has 0 aliphatic heterocycles. The molecule has 44 heavy (non-hydrogen) atoms. The number of benzene rings is 6. The number of rotatable bonds is 7. The van der Waals surface area contributed by atoms with E-state index in [1.807, 2.05) is 42.5 Å². The van der Waals surface area contributed by atoms with E-state index >= 15 is 0 Å². The number of halogens is 3. The summed E-state index contributed by atoms with van der Waals surface area (Å²) < 4.78 is 39.6. The lowest BCUT2D eigenvalue weighted by atomic mass is 10.0. The summed E-state index contributed by atoms with van der Waals surface area (Å²) in [5.41, 5.74) is 9.42. The number of alkyl halides is 3. The maximum Gasteiger partial charge on any atom is 0.416 e. The fourth-order valence-electron chi connectivity index (χ4n) is 5.29. The molecule has 0 bridgehead atoms. The Morgan fingerprint density at radius 3 is 1.32 bits per heavy atom. The molecule has 6 aromatic rings. The van der Waals surface area contributed by atoms with Crippen molar-refractivity contribution >= 4 is 28.4 Å². The zero-order valence-corrected chi connectivity index (χ0v) is 24.5. The van der Waals surface area contributed by atoms with Crippen LogP contribution in [0.2, 0.25) is 0 Å². The van der Waals surface area contributed by atoms with Gasteiger partial charge in [-0.2, -0.15) is 13.2 Å². The standard InChI is InChI=1S/C39H31F3N2/c1-28-11-13-29(14-12-28)31-17-23-36(24-18-31)44(35-8-4-3-5-9-35)37-25-19-32(20-26-37)30-15-21-34(22-16-30)43(2)38-10-6-7-33(27-38)39(40,41)42/h3-27H,1-2H3. The molecule has 2 nitrogen and oxygen atoms in total. The Morgan fingerprint density at radius 1 is 0.432 bits per heavy atom. The summed E-state index contributed by atoms with van der Waals surface area (Å²) in [6.45, 7) is 2.09. The molecule has 0 saturated carbocycles. The highest BCUT2D eigenvalue weighted by Gasteiger charge is 2.30. The molecule has 0 heterocycles. The van der Waals surface area contributed by atoms with Crippen LogP contribution in [0, 0.1) is 6.92 Å². The molecule has 6 aromatic carbocycles. The number of para-hydroxylation sites is 1. The minimum Gasteiger partial charge on any atom is -0.345 e. The van der Waals surface area contributed by atoms with Gasteiger partial charge < -0.3 is 9.80 Å². The molecule has 0 amide bonds. The number of hydrogen-bond acceptors (Lipinski definition) is 2. The summed E-state index contributed by atoms with van der Waals surface area (Å²) >= 11 is 0. The molecule has 0 spiro atoms. The molecule has 218 valence electrons. The second-order valence-electron chi connectivity index (χ2n) is 10.8. The molecular formula is C39H31F3N2. The molecule has 0 aromatic heterocycles. The highest BCUT2D eigenvalue weighted by atomic mass is 19.4. The highest BCUT2D eigenvalue weighted by Crippen LogP contribution is 2.37. The summed E-state index contributed by atoms with van der Waals surface area (Å²) in [5, 5.41) is 0. The Balaban J connectivity index is 1.25. The Hall–Kier alpha value is -5.29. The molecule has 0 fully saturated rings. The van der Waals surface area contributed by atoms with Crippen molar-refractivity contribution in [1.29, 1.82) is 0 Å². The summed E-state index contributed by atoms with van der Waals surface area (Å²) in [6.07, 6.45) is -4.38. The van der Waals surface area contributed by atoms with E-state index in [-0.39, 0.29) is 0 Å². The van der Waals surface area contributed by atoms with Gasteiger partial charge in [-0.15, -0.1) is 0 Å². The van der Waals surface area contributed by atoms with E-state index in [0.29, 0.717) is 5.69 Å². The maximum absolute atomic E-state index is 13.2. The first-order chi connectivity index (χ1) is 21.3. The first-order valence-corrected chi connectivity index (χ1v) is 14.4. The molecule has 0 radical (unpaired) electrons. The molecule has 0 aliphatic rings. The average Bonchev–Trinajstić information content (AvgIpc) is 3.06. The van der Waals surface area contributed by atoms with E-state index in [0.717, 1.165) is 39.9 Å². The quantitative estimate of drug-likeness (QED) is 0.184. The van der Waals surface area contributed by atoms with Gasteiger partial charge in [0.1, 0.15) is 0 Å². The van der Waals surface area contributed by atoms with Gasteiger partial charge in [0, 0.05) is 35.5 Å². The summed E-state index contributed by atoms with van der Waals surface area (Å²) in [5.74, 6) is 0. The third-order valence-corrected chi connectivity index (χ3v) is 7.80. The molecule has 0 atom stereocenters. The smallest absolute Gasteiger partial charge is 0.345 e. The van der Waals surface area contributed by atoms with Crippen LogP contribution in [0.1, 0.15) is 11.1 Å². The summed E-state index contributed by atoms with van der Waals surface area (Å²) in [7, 11) is 1.77. The van der Waals surface area contributed by atoms with Gasteiger partial charge in [0.2, 0.25) is 0 Å². The van der Waals surface area contributed by atoms with Gasteiger partial charge in [0.15, 0.2) is 0 Å². The Morgan fingerprint density at radius 2 is 0.841 bits per heavy atom. The second-order valence-corrected chi connectivity index (χ2v) is 10.8. The van der Waals surface area contributed by atoms with E-state index in [1.54, 1.807) is 18.0 Å². The zero-order valence-electron chi connectivity index (χ0n) is 24.5. The van der Waals surface area contributed by atoms with Crippen LogP contribution in [0.25, 0.3) is 22.3 Å². The summed E-state index contributed by atoms with van der Waals surface area (Å²) in [4.78, 5) is 3.99. The predicted octanol–water partition coefficient (Wildman–Crippen LogP) is 11.6. The van der Waals surface area contributed by atoms with Crippen molar-refractivity contribution in [2.75, 3.05) is 16.8 Å². The van der Waals surface area contributed by atoms with Crippen LogP contribution in [-0.2, 0) is 6.18 Å². The number of hydrogen-bond donors (Lipinski definition) is 0. The lowest BCUT2D eigenvalue weighted by Crippen LogP contribution is -2.11. The zero-order chi connectivity index (χ0) is 30.7. The molecular weight excluding hydrogens is 553 g/mol. The van der Waals surface area contributed by atoms with Crippen molar-refractivity contribution < 1.29 is 13.2 Å². The first kappa shape index (κ1) is 28.8. The molecule has 0 aliphatic carbocycles. The van der Waals surface area contributed by atoms with Gasteiger partial charge in [-0.25, -0.2) is 0 Å². The van der Waals surface area contributed by atoms with Crippen molar-refractivity contribution in [3.8, 4) is 22.3 Å². The summed E-state index contributed by atoms with van der Waals surface area (Å²) in [6, 6.07) is 49.1. The monoisotopic (exact) mass is 584 g/mol. The highest BCUT2D eigenvalue weighted by molar-refractivity contribution is 5.80. The topological polar surface area (TPSA) is 6.48 Å². The lowest BCUT2D eigenvalue weighted by Gasteiger charge is -2.26. The first-order valence-electron chi connectivity index (χ1n) is 14.4. The van der Waals surface area contributed by atoms with Crippen molar-refractivity contribution in [2.24, 2.45) is 0 Å². The SMILES string of the molecule is Cc1ccc(-c2ccc(N(c3ccccc3)c3ccc(-c4ccc(N(C)c5cccc(C(F)(F)F)c5)cc4)cc3)cc2)cc1. The van der Waals surface area contributed by atoms with E-state index in [1.165, 1.54) is 28.8 Å². The predicted molar refractivity (Wildman–Crippen MR) is 176 cm³/mol. The van der Waals surface area contributed by atoms with Crippen molar-refractivity contribution in [1.82, 2.24) is 0 Å². The van der Waals surface area contributed by atoms with Gasteiger partial charge in [-0.1, -0.05) is 90.5 Å². The molecule has 5 heteroatoms. The van der Waals surface area contributed by atoms with E-state index in [2.05, 4.69) is 96.8 Å². The van der Waals surface area contributed by atoms with Crippen LogP contribution in [0.15, 0.2) is 152 Å². The van der Waals surface area contributed by atoms with Crippen LogP contribution in [-0.4, -0.2) is 7.05 Å². The van der Waals surface area contributed by atoms with Gasteiger partial charge >= 0.3 is 6.18 Å². The number of nitrogens with zero attached hydrogens (tertiary/aromatic N) is 2. The Bertz CT molecular complexity index is 1830. The van der Waals surface area contributed by atoms with E-state index < -0.39 is 11.7 Å². The van der Waals surface area contributed by atoms with Gasteiger partial charge in [-0.3, -0.25) is 0 Å². The third kappa shape index (κ3) is 6.23. The maximum atomic E-state index is 13.2. The molecule has 6 rings (SSSR count). The van der Waals surface area contributed by atoms with E-state index in [9.17, 15) is 13.2 Å². The Labute approximate surface area is 256 Å². The van der Waals surface area contributed by atoms with Crippen molar-refractivity contribution in [3.63, 3.8) is 0 Å². The van der Waals surface area contributed by atoms with Gasteiger partial charge in [-0.05, 0) is 95.9 Å². The minimum absolute atomic E-state index is 0.477. The lowest BCUT2D eigenvalue weighted by molar-refractivity contribution is -0.137. The molecule has 0 unspecified atom stereocenters. The van der Waals surface area contributed by atoms with Crippen LogP contribution in [0.3, 0.4) is 0 Å². The molecule has 0 saturated heterocycles. The van der Waals surface area contributed by atoms with Crippen LogP contribution in [0.4, 0.5) is 41.6 Å². The van der Waals surface area contributed by atoms with Crippen LogP contribution in [0.5, 0.6) is 0 Å². The number of anilines is 5. The average molecular weight is 585 g/mol. The van der Waals surface area contributed by atoms with Crippen LogP contribution < -0.4 is 9.80 Å². The second kappa shape index (κ2) is 12.1. The third-order valence-electron chi connectivity index (χ3n) is 7.80. The van der Waals surface area contributed by atoms with Crippen LogP contribution >= 0.6 is 0 Å². The fraction of sp³-hybridized carbons (Fsp3) is 0.0769. The Kier molecular flexibility index (Phi) is 7.95.